The molecular weight excluding hydrogens is 847 g/mol. The molecule has 8 rings (SSSR count). The van der Waals surface area contributed by atoms with Crippen molar-refractivity contribution in [2.75, 3.05) is 20.3 Å². The fourth-order valence-corrected chi connectivity index (χ4v) is 12.4. The SMILES string of the molecule is CCCOC(=O)[C@H](C)NP(=O)(Oc1ccccc1)[C@@H](F)c1ccc2sc(C(=O)N[C@H]3CCCC[C@H]4CC[C@@H](C(=O)N5C[C@H](c6cncc(OC)c6)[C@@H](C#N)C56CC6)N4C3=O)cc2c1. The summed E-state index contributed by atoms with van der Waals surface area (Å²) in [5, 5.41) is 16.5. The van der Waals surface area contributed by atoms with Crippen molar-refractivity contribution >= 4 is 52.6 Å². The molecule has 4 fully saturated rings. The molecule has 3 amide bonds. The van der Waals surface area contributed by atoms with E-state index in [9.17, 15) is 29.0 Å². The average molecular weight is 899 g/mol. The van der Waals surface area contributed by atoms with Gasteiger partial charge in [-0.05, 0) is 105 Å². The lowest BCUT2D eigenvalue weighted by Crippen LogP contribution is -2.57. The van der Waals surface area contributed by atoms with Crippen molar-refractivity contribution in [2.45, 2.75) is 113 Å². The highest BCUT2D eigenvalue weighted by molar-refractivity contribution is 7.57. The fourth-order valence-electron chi connectivity index (χ4n) is 9.56. The lowest BCUT2D eigenvalue weighted by Gasteiger charge is -2.37. The van der Waals surface area contributed by atoms with Crippen molar-refractivity contribution < 1.29 is 42.1 Å². The van der Waals surface area contributed by atoms with Crippen molar-refractivity contribution in [1.82, 2.24) is 25.2 Å². The van der Waals surface area contributed by atoms with Gasteiger partial charge in [-0.25, -0.2) is 9.48 Å². The molecule has 14 nitrogen and oxygen atoms in total. The van der Waals surface area contributed by atoms with Crippen LogP contribution < -0.4 is 19.7 Å². The number of alkyl halides is 1. The zero-order chi connectivity index (χ0) is 44.5. The number of carbonyl (C=O) groups is 4. The molecule has 0 bridgehead atoms. The van der Waals surface area contributed by atoms with Crippen LogP contribution in [0.15, 0.2) is 73.1 Å². The van der Waals surface area contributed by atoms with Crippen LogP contribution in [0.5, 0.6) is 11.5 Å². The summed E-state index contributed by atoms with van der Waals surface area (Å²) < 4.78 is 48.0. The summed E-state index contributed by atoms with van der Waals surface area (Å²) in [4.78, 5) is 64.0. The topological polar surface area (TPSA) is 180 Å². The molecule has 332 valence electrons. The number of amides is 3. The van der Waals surface area contributed by atoms with E-state index < -0.39 is 54.9 Å². The van der Waals surface area contributed by atoms with E-state index >= 15 is 4.39 Å². The van der Waals surface area contributed by atoms with Gasteiger partial charge in [0.2, 0.25) is 17.7 Å². The number of aromatic nitrogens is 1. The number of rotatable bonds is 14. The summed E-state index contributed by atoms with van der Waals surface area (Å²) in [7, 11) is -2.91. The molecular formula is C46H52FN6O8PS. The maximum Gasteiger partial charge on any atom is 0.355 e. The van der Waals surface area contributed by atoms with E-state index in [0.717, 1.165) is 24.8 Å². The lowest BCUT2D eigenvalue weighted by molar-refractivity contribution is -0.148. The van der Waals surface area contributed by atoms with Crippen LogP contribution in [0.3, 0.4) is 0 Å². The third-order valence-corrected chi connectivity index (χ3v) is 16.1. The number of para-hydroxylation sites is 1. The zero-order valence-corrected chi connectivity index (χ0v) is 37.2. The number of ether oxygens (including phenoxy) is 2. The molecule has 63 heavy (non-hydrogen) atoms. The molecule has 1 aliphatic carbocycles. The van der Waals surface area contributed by atoms with Gasteiger partial charge in [-0.3, -0.25) is 28.7 Å². The van der Waals surface area contributed by atoms with Crippen LogP contribution in [0, 0.1) is 17.2 Å². The number of nitrogens with one attached hydrogen (secondary N) is 2. The largest absolute Gasteiger partial charge is 0.495 e. The summed E-state index contributed by atoms with van der Waals surface area (Å²) in [6.07, 6.45) is 9.22. The molecule has 2 N–H and O–H groups in total. The third kappa shape index (κ3) is 8.80. The number of esters is 1. The summed E-state index contributed by atoms with van der Waals surface area (Å²) >= 11 is 1.17. The number of carbonyl (C=O) groups excluding carboxylic acids is 4. The van der Waals surface area contributed by atoms with Gasteiger partial charge in [0.15, 0.2) is 0 Å². The van der Waals surface area contributed by atoms with Gasteiger partial charge >= 0.3 is 13.5 Å². The lowest BCUT2D eigenvalue weighted by atomic mass is 9.85. The van der Waals surface area contributed by atoms with Crippen LogP contribution in [-0.4, -0.2) is 88.4 Å². The van der Waals surface area contributed by atoms with Crippen LogP contribution >= 0.6 is 18.9 Å². The predicted octanol–water partition coefficient (Wildman–Crippen LogP) is 7.81. The standard InChI is InChI=1S/C46H52FN6O8PS/c1-4-20-60-45(57)28(2)51-62(58,61-33-11-6-5-7-12-33)41(47)29-14-17-39-30(21-29)23-40(63-39)42(54)50-37-13-9-8-10-32-15-16-38(53(32)43(37)55)44(56)52-27-35(36(24-48)46(52)18-19-46)31-22-34(59-3)26-49-25-31/h5-7,11-12,14,17,21-23,25-26,28,32,35-38,41H,4,8-10,13,15-16,18-20,27H2,1-3H3,(H,50,54)(H,51,58)/t28-,32-,35+,36+,37-,38-,41+,62?/m0/s1. The Morgan fingerprint density at radius 2 is 1.83 bits per heavy atom. The molecule has 4 aliphatic rings. The normalized spacial score (nSPS) is 24.6. The highest BCUT2D eigenvalue weighted by Gasteiger charge is 2.64. The maximum atomic E-state index is 16.6. The number of methoxy groups -OCH3 is 1. The maximum absolute atomic E-state index is 16.6. The van der Waals surface area contributed by atoms with E-state index in [-0.39, 0.29) is 41.7 Å². The number of benzene rings is 2. The van der Waals surface area contributed by atoms with Crippen molar-refractivity contribution in [3.05, 3.63) is 89.1 Å². The first-order valence-electron chi connectivity index (χ1n) is 21.7. The van der Waals surface area contributed by atoms with Gasteiger partial charge in [0.25, 0.3) is 5.91 Å². The van der Waals surface area contributed by atoms with E-state index in [4.69, 9.17) is 14.0 Å². The summed E-state index contributed by atoms with van der Waals surface area (Å²) in [5.74, 6) is -3.78. The number of likely N-dealkylation sites (tertiary alicyclic amines) is 1. The molecule has 17 heteroatoms. The number of nitrogens with zero attached hydrogens (tertiary/aromatic N) is 4. The van der Waals surface area contributed by atoms with Crippen molar-refractivity contribution in [1.29, 1.82) is 5.26 Å². The van der Waals surface area contributed by atoms with Gasteiger partial charge in [-0.1, -0.05) is 44.0 Å². The second-order valence-electron chi connectivity index (χ2n) is 17.0. The second kappa shape index (κ2) is 18.4. The van der Waals surface area contributed by atoms with Crippen LogP contribution in [-0.2, 0) is 23.7 Å². The summed E-state index contributed by atoms with van der Waals surface area (Å²) in [5.41, 5.74) is 0.255. The molecule has 1 unspecified atom stereocenters. The minimum Gasteiger partial charge on any atom is -0.495 e. The van der Waals surface area contributed by atoms with Crippen molar-refractivity contribution in [3.8, 4) is 17.6 Å². The Morgan fingerprint density at radius 1 is 1.05 bits per heavy atom. The molecule has 2 aromatic carbocycles. The molecule has 1 saturated carbocycles. The van der Waals surface area contributed by atoms with Crippen LogP contribution in [0.4, 0.5) is 4.39 Å². The highest BCUT2D eigenvalue weighted by atomic mass is 32.1. The Balaban J connectivity index is 0.991. The van der Waals surface area contributed by atoms with E-state index in [2.05, 4.69) is 21.5 Å². The molecule has 5 heterocycles. The predicted molar refractivity (Wildman–Crippen MR) is 234 cm³/mol. The highest BCUT2D eigenvalue weighted by Crippen LogP contribution is 2.59. The molecule has 8 atom stereocenters. The molecule has 1 spiro atoms. The second-order valence-corrected chi connectivity index (χ2v) is 20.2. The van der Waals surface area contributed by atoms with Crippen LogP contribution in [0.25, 0.3) is 10.1 Å². The minimum absolute atomic E-state index is 0.0117. The Labute approximate surface area is 370 Å². The molecule has 3 aliphatic heterocycles. The van der Waals surface area contributed by atoms with Crippen LogP contribution in [0.1, 0.15) is 104 Å². The number of nitriles is 1. The molecule has 4 aromatic rings. The van der Waals surface area contributed by atoms with Crippen LogP contribution in [0.2, 0.25) is 0 Å². The van der Waals surface area contributed by atoms with Gasteiger partial charge in [0.05, 0.1) is 42.3 Å². The minimum atomic E-state index is -4.47. The zero-order valence-electron chi connectivity index (χ0n) is 35.5. The third-order valence-electron chi connectivity index (χ3n) is 12.9. The number of thiophene rings is 1. The number of hydrogen-bond donors (Lipinski definition) is 2. The quantitative estimate of drug-likeness (QED) is 0.0931. The van der Waals surface area contributed by atoms with Gasteiger partial charge in [0, 0.05) is 29.4 Å². The Morgan fingerprint density at radius 3 is 2.56 bits per heavy atom. The van der Waals surface area contributed by atoms with Gasteiger partial charge in [0.1, 0.15) is 29.6 Å². The number of hydrogen-bond acceptors (Lipinski definition) is 11. The summed E-state index contributed by atoms with van der Waals surface area (Å²) in [6.45, 7) is 3.76. The van der Waals surface area contributed by atoms with Gasteiger partial charge in [-0.15, -0.1) is 11.3 Å². The fraction of sp³-hybridized carbons (Fsp3) is 0.478. The number of halogens is 1. The number of fused-ring (bicyclic) bond motifs is 2. The van der Waals surface area contributed by atoms with E-state index in [1.165, 1.54) is 42.5 Å². The van der Waals surface area contributed by atoms with Crippen molar-refractivity contribution in [3.63, 3.8) is 0 Å². The average Bonchev–Trinajstić information content (AvgIpc) is 3.61. The number of pyridine rings is 1. The monoisotopic (exact) mass is 898 g/mol. The van der Waals surface area contributed by atoms with E-state index in [0.29, 0.717) is 65.8 Å². The van der Waals surface area contributed by atoms with Gasteiger partial charge < -0.3 is 29.1 Å². The molecule has 3 saturated heterocycles. The molecule has 0 radical (unpaired) electrons. The smallest absolute Gasteiger partial charge is 0.355 e. The first kappa shape index (κ1) is 44.3. The van der Waals surface area contributed by atoms with E-state index in [1.807, 2.05) is 17.9 Å². The first-order valence-corrected chi connectivity index (χ1v) is 24.2. The Hall–Kier alpha value is -5.36. The van der Waals surface area contributed by atoms with Gasteiger partial charge in [-0.2, -0.15) is 5.26 Å². The van der Waals surface area contributed by atoms with Crippen molar-refractivity contribution in [2.24, 2.45) is 5.92 Å². The summed E-state index contributed by atoms with van der Waals surface area (Å²) in [6, 6.07) is 15.8. The molecule has 2 aromatic heterocycles. The van der Waals surface area contributed by atoms with E-state index in [1.54, 1.807) is 54.7 Å². The Bertz CT molecular complexity index is 2460. The first-order chi connectivity index (χ1) is 30.4. The Kier molecular flexibility index (Phi) is 12.9.